The van der Waals surface area contributed by atoms with Gasteiger partial charge in [0.1, 0.15) is 5.58 Å². The molecular weight excluding hydrogens is 454 g/mol. The van der Waals surface area contributed by atoms with Gasteiger partial charge in [-0.1, -0.05) is 70.0 Å². The lowest BCUT2D eigenvalue weighted by Gasteiger charge is -2.31. The average molecular weight is 486 g/mol. The zero-order valence-corrected chi connectivity index (χ0v) is 21.5. The molecule has 2 aliphatic rings. The minimum absolute atomic E-state index is 0.154. The fourth-order valence-electron chi connectivity index (χ4n) is 5.87. The number of nitrogens with zero attached hydrogens (tertiary/aromatic N) is 3. The number of hydrogen-bond donors (Lipinski definition) is 0. The van der Waals surface area contributed by atoms with Gasteiger partial charge in [-0.3, -0.25) is 9.98 Å². The second-order valence-electron chi connectivity index (χ2n) is 10.4. The van der Waals surface area contributed by atoms with Gasteiger partial charge in [0.05, 0.1) is 23.2 Å². The molecule has 0 aliphatic carbocycles. The van der Waals surface area contributed by atoms with Crippen LogP contribution in [0.25, 0.3) is 22.1 Å². The van der Waals surface area contributed by atoms with Crippen LogP contribution < -0.4 is 0 Å². The Labute approximate surface area is 217 Å². The van der Waals surface area contributed by atoms with Crippen molar-refractivity contribution in [2.45, 2.75) is 45.1 Å². The number of hydrogen-bond acceptors (Lipinski definition) is 4. The van der Waals surface area contributed by atoms with Crippen LogP contribution >= 0.6 is 0 Å². The van der Waals surface area contributed by atoms with Crippen molar-refractivity contribution >= 4 is 33.5 Å². The lowest BCUT2D eigenvalue weighted by Crippen LogP contribution is -2.27. The van der Waals surface area contributed by atoms with Gasteiger partial charge < -0.3 is 4.42 Å². The molecule has 0 bridgehead atoms. The summed E-state index contributed by atoms with van der Waals surface area (Å²) < 4.78 is 6.48. The molecule has 0 radical (unpaired) electrons. The predicted molar refractivity (Wildman–Crippen MR) is 154 cm³/mol. The van der Waals surface area contributed by atoms with Crippen molar-refractivity contribution in [1.29, 1.82) is 0 Å². The second-order valence-corrected chi connectivity index (χ2v) is 10.4. The van der Waals surface area contributed by atoms with Crippen LogP contribution in [0.3, 0.4) is 0 Å². The number of aryl methyl sites for hydroxylation is 1. The van der Waals surface area contributed by atoms with Crippen LogP contribution in [0.1, 0.15) is 54.1 Å². The fraction of sp³-hybridized carbons (Fsp3) is 0.242. The summed E-state index contributed by atoms with van der Waals surface area (Å²) in [5, 5.41) is 2.07. The van der Waals surface area contributed by atoms with E-state index in [9.17, 15) is 0 Å². The zero-order valence-electron chi connectivity index (χ0n) is 21.5. The third-order valence-electron chi connectivity index (χ3n) is 7.54. The molecule has 0 amide bonds. The van der Waals surface area contributed by atoms with Crippen LogP contribution in [0.4, 0.5) is 0 Å². The Bertz CT molecular complexity index is 1650. The number of rotatable bonds is 4. The van der Waals surface area contributed by atoms with Crippen LogP contribution in [-0.4, -0.2) is 22.4 Å². The topological polar surface area (TPSA) is 50.8 Å². The highest BCUT2D eigenvalue weighted by atomic mass is 16.3. The van der Waals surface area contributed by atoms with Crippen LogP contribution in [0.5, 0.6) is 0 Å². The molecule has 37 heavy (non-hydrogen) atoms. The third-order valence-corrected chi connectivity index (χ3v) is 7.54. The lowest BCUT2D eigenvalue weighted by molar-refractivity contribution is 0.540. The van der Waals surface area contributed by atoms with E-state index in [2.05, 4.69) is 82.1 Å². The highest BCUT2D eigenvalue weighted by Gasteiger charge is 2.33. The van der Waals surface area contributed by atoms with Crippen molar-refractivity contribution in [3.05, 3.63) is 114 Å². The van der Waals surface area contributed by atoms with Gasteiger partial charge in [0.2, 0.25) is 5.71 Å². The van der Waals surface area contributed by atoms with E-state index in [1.54, 1.807) is 0 Å². The second kappa shape index (κ2) is 9.11. The smallest absolute Gasteiger partial charge is 0.227 e. The van der Waals surface area contributed by atoms with Crippen LogP contribution in [0, 0.1) is 5.92 Å². The number of furan rings is 1. The van der Waals surface area contributed by atoms with Crippen LogP contribution in [0.2, 0.25) is 0 Å². The van der Waals surface area contributed by atoms with E-state index in [4.69, 9.17) is 19.4 Å². The standard InChI is InChI=1S/C33H31N3O/c1-6-28-24-11-9-8-10-23(24)25-15-12-21-13-16-26-27-17-14-22(18-19(3)4)35-33(27)37-32(26)30(21)29(7-2)34-20(5)31(25)36-28/h6-11,13-14,16-17,19,25,31H,1-2,5,12,15,18H2,3-4H3/b34-29-. The van der Waals surface area contributed by atoms with Crippen LogP contribution in [0.15, 0.2) is 101 Å². The summed E-state index contributed by atoms with van der Waals surface area (Å²) in [7, 11) is 0. The molecule has 0 saturated heterocycles. The molecule has 0 spiro atoms. The van der Waals surface area contributed by atoms with Gasteiger partial charge in [-0.05, 0) is 60.6 Å². The molecule has 4 aromatic rings. The Balaban J connectivity index is 1.54. The Kier molecular flexibility index (Phi) is 5.75. The lowest BCUT2D eigenvalue weighted by atomic mass is 9.79. The molecule has 4 heteroatoms. The Morgan fingerprint density at radius 3 is 2.57 bits per heavy atom. The van der Waals surface area contributed by atoms with Crippen LogP contribution in [-0.2, 0) is 12.8 Å². The monoisotopic (exact) mass is 485 g/mol. The Hall–Kier alpha value is -4.05. The summed E-state index contributed by atoms with van der Waals surface area (Å²) in [6, 6.07) is 17.0. The summed E-state index contributed by atoms with van der Waals surface area (Å²) >= 11 is 0. The van der Waals surface area contributed by atoms with E-state index in [1.165, 1.54) is 11.1 Å². The molecule has 4 heterocycles. The number of benzene rings is 2. The van der Waals surface area contributed by atoms with E-state index in [0.29, 0.717) is 11.6 Å². The summed E-state index contributed by atoms with van der Waals surface area (Å²) in [5.41, 5.74) is 9.53. The minimum Gasteiger partial charge on any atom is -0.437 e. The zero-order chi connectivity index (χ0) is 25.7. The Morgan fingerprint density at radius 1 is 1.00 bits per heavy atom. The largest absolute Gasteiger partial charge is 0.437 e. The number of fused-ring (bicyclic) bond motifs is 8. The molecule has 0 saturated carbocycles. The molecule has 0 fully saturated rings. The molecule has 0 N–H and O–H groups in total. The molecule has 2 unspecified atom stereocenters. The SMILES string of the molecule is C=CC1=NC2C(=C)/N=C(/C=C)c3c(ccc4c3oc3nc(CC(C)C)ccc34)CCC2c2ccccc21. The summed E-state index contributed by atoms with van der Waals surface area (Å²) in [5.74, 6) is 0.710. The molecule has 2 atom stereocenters. The first-order chi connectivity index (χ1) is 18.0. The van der Waals surface area contributed by atoms with E-state index in [-0.39, 0.29) is 12.0 Å². The number of aromatic nitrogens is 1. The average Bonchev–Trinajstić information content (AvgIpc) is 3.28. The van der Waals surface area contributed by atoms with Gasteiger partial charge in [-0.25, -0.2) is 4.98 Å². The van der Waals surface area contributed by atoms with Gasteiger partial charge >= 0.3 is 0 Å². The molecule has 4 nitrogen and oxygen atoms in total. The maximum absolute atomic E-state index is 6.48. The van der Waals surface area contributed by atoms with Gasteiger partial charge in [0, 0.05) is 33.5 Å². The molecule has 2 aliphatic heterocycles. The molecule has 6 rings (SSSR count). The predicted octanol–water partition coefficient (Wildman–Crippen LogP) is 7.76. The van der Waals surface area contributed by atoms with Crippen molar-refractivity contribution in [2.24, 2.45) is 15.9 Å². The van der Waals surface area contributed by atoms with E-state index >= 15 is 0 Å². The van der Waals surface area contributed by atoms with Crippen molar-refractivity contribution in [1.82, 2.24) is 4.98 Å². The van der Waals surface area contributed by atoms with Crippen molar-refractivity contribution < 1.29 is 4.42 Å². The highest BCUT2D eigenvalue weighted by molar-refractivity contribution is 6.20. The first-order valence-electron chi connectivity index (χ1n) is 13.0. The highest BCUT2D eigenvalue weighted by Crippen LogP contribution is 2.41. The van der Waals surface area contributed by atoms with Gasteiger partial charge in [0.15, 0.2) is 0 Å². The normalized spacial score (nSPS) is 20.7. The molecular formula is C33H31N3O. The molecule has 2 aromatic heterocycles. The van der Waals surface area contributed by atoms with Crippen molar-refractivity contribution in [3.63, 3.8) is 0 Å². The number of aliphatic imine (C=N–C) groups is 2. The Morgan fingerprint density at radius 2 is 1.78 bits per heavy atom. The minimum atomic E-state index is -0.154. The van der Waals surface area contributed by atoms with Crippen molar-refractivity contribution in [3.8, 4) is 0 Å². The number of pyridine rings is 1. The van der Waals surface area contributed by atoms with Gasteiger partial charge in [-0.15, -0.1) is 0 Å². The quantitative estimate of drug-likeness (QED) is 0.297. The van der Waals surface area contributed by atoms with Gasteiger partial charge in [-0.2, -0.15) is 0 Å². The first-order valence-corrected chi connectivity index (χ1v) is 13.0. The van der Waals surface area contributed by atoms with E-state index in [0.717, 1.165) is 69.6 Å². The van der Waals surface area contributed by atoms with E-state index < -0.39 is 0 Å². The fourth-order valence-corrected chi connectivity index (χ4v) is 5.87. The number of allylic oxidation sites excluding steroid dienone is 2. The summed E-state index contributed by atoms with van der Waals surface area (Å²) in [4.78, 5) is 15.0. The van der Waals surface area contributed by atoms with Crippen molar-refractivity contribution in [2.75, 3.05) is 0 Å². The molecule has 2 aromatic carbocycles. The third kappa shape index (κ3) is 3.88. The summed E-state index contributed by atoms with van der Waals surface area (Å²) in [6.07, 6.45) is 6.35. The van der Waals surface area contributed by atoms with Gasteiger partial charge in [0.25, 0.3) is 0 Å². The molecule has 184 valence electrons. The first kappa shape index (κ1) is 23.4. The summed E-state index contributed by atoms with van der Waals surface area (Å²) in [6.45, 7) is 16.9. The maximum atomic E-state index is 6.48. The maximum Gasteiger partial charge on any atom is 0.227 e. The van der Waals surface area contributed by atoms with E-state index in [1.807, 2.05) is 12.2 Å².